The minimum atomic E-state index is -0.138. The molecule has 0 bridgehead atoms. The van der Waals surface area contributed by atoms with E-state index in [4.69, 9.17) is 4.74 Å². The molecule has 0 unspecified atom stereocenters. The van der Waals surface area contributed by atoms with Crippen LogP contribution >= 0.6 is 11.3 Å². The number of nitrogens with zero attached hydrogens (tertiary/aromatic N) is 1. The lowest BCUT2D eigenvalue weighted by molar-refractivity contribution is -0.116. The lowest BCUT2D eigenvalue weighted by Crippen LogP contribution is -2.20. The maximum Gasteiger partial charge on any atom is 0.244 e. The van der Waals surface area contributed by atoms with Gasteiger partial charge in [0.25, 0.3) is 0 Å². The van der Waals surface area contributed by atoms with E-state index < -0.39 is 0 Å². The van der Waals surface area contributed by atoms with Crippen LogP contribution in [0.3, 0.4) is 0 Å². The summed E-state index contributed by atoms with van der Waals surface area (Å²) in [6.07, 6.45) is 4.14. The normalized spacial score (nSPS) is 10.9. The van der Waals surface area contributed by atoms with Gasteiger partial charge in [-0.25, -0.2) is 4.98 Å². The van der Waals surface area contributed by atoms with Crippen LogP contribution in [0.25, 0.3) is 6.08 Å². The van der Waals surface area contributed by atoms with Gasteiger partial charge in [0.05, 0.1) is 23.9 Å². The summed E-state index contributed by atoms with van der Waals surface area (Å²) in [7, 11) is 0. The summed E-state index contributed by atoms with van der Waals surface area (Å²) < 4.78 is 5.40. The number of rotatable bonds is 8. The molecule has 0 aliphatic carbocycles. The topological polar surface area (TPSA) is 51.2 Å². The molecule has 0 saturated heterocycles. The van der Waals surface area contributed by atoms with Crippen LogP contribution in [-0.4, -0.2) is 17.5 Å². The molecule has 0 atom stereocenters. The lowest BCUT2D eigenvalue weighted by atomic mass is 10.2. The van der Waals surface area contributed by atoms with Crippen molar-refractivity contribution in [1.29, 1.82) is 0 Å². The quantitative estimate of drug-likeness (QED) is 0.589. The average Bonchev–Trinajstić information content (AvgIpc) is 3.14. The standard InChI is InChI=1S/C22H22N2O2S/c1-2-26-20-11-8-17(9-12-20)10-13-21(25)23-15-19-16-27-22(24-19)14-18-6-4-3-5-7-18/h3-13,16H,2,14-15H2,1H3,(H,23,25)/b13-10+. The fraction of sp³-hybridized carbons (Fsp3) is 0.182. The number of nitrogens with one attached hydrogen (secondary N) is 1. The summed E-state index contributed by atoms with van der Waals surface area (Å²) in [6.45, 7) is 3.02. The van der Waals surface area contributed by atoms with Gasteiger partial charge in [0.1, 0.15) is 5.75 Å². The van der Waals surface area contributed by atoms with Crippen LogP contribution in [-0.2, 0) is 17.8 Å². The number of amides is 1. The van der Waals surface area contributed by atoms with Gasteiger partial charge in [-0.15, -0.1) is 11.3 Å². The van der Waals surface area contributed by atoms with Crippen LogP contribution in [0.5, 0.6) is 5.75 Å². The Morgan fingerprint density at radius 2 is 1.93 bits per heavy atom. The second kappa shape index (κ2) is 9.69. The smallest absolute Gasteiger partial charge is 0.244 e. The highest BCUT2D eigenvalue weighted by atomic mass is 32.1. The first-order valence-corrected chi connectivity index (χ1v) is 9.77. The van der Waals surface area contributed by atoms with Gasteiger partial charge in [0, 0.05) is 17.9 Å². The first-order valence-electron chi connectivity index (χ1n) is 8.89. The summed E-state index contributed by atoms with van der Waals surface area (Å²) in [5, 5.41) is 5.92. The van der Waals surface area contributed by atoms with Gasteiger partial charge in [0.15, 0.2) is 0 Å². The lowest BCUT2D eigenvalue weighted by Gasteiger charge is -2.02. The molecule has 0 fully saturated rings. The first kappa shape index (κ1) is 18.9. The Hall–Kier alpha value is -2.92. The predicted molar refractivity (Wildman–Crippen MR) is 110 cm³/mol. The molecule has 2 aromatic carbocycles. The van der Waals surface area contributed by atoms with Gasteiger partial charge >= 0.3 is 0 Å². The van der Waals surface area contributed by atoms with E-state index in [1.807, 2.05) is 54.8 Å². The van der Waals surface area contributed by atoms with Crippen molar-refractivity contribution in [3.63, 3.8) is 0 Å². The number of carbonyl (C=O) groups is 1. The van der Waals surface area contributed by atoms with Crippen LogP contribution in [0.4, 0.5) is 0 Å². The Kier molecular flexibility index (Phi) is 6.77. The van der Waals surface area contributed by atoms with E-state index in [0.717, 1.165) is 28.4 Å². The number of carbonyl (C=O) groups excluding carboxylic acids is 1. The van der Waals surface area contributed by atoms with Gasteiger partial charge in [-0.05, 0) is 36.3 Å². The SMILES string of the molecule is CCOc1ccc(/C=C/C(=O)NCc2csc(Cc3ccccc3)n2)cc1. The molecule has 3 rings (SSSR count). The third-order valence-electron chi connectivity index (χ3n) is 3.86. The number of aromatic nitrogens is 1. The zero-order valence-electron chi connectivity index (χ0n) is 15.2. The second-order valence-electron chi connectivity index (χ2n) is 5.95. The average molecular weight is 378 g/mol. The number of hydrogen-bond acceptors (Lipinski definition) is 4. The zero-order chi connectivity index (χ0) is 18.9. The van der Waals surface area contributed by atoms with Crippen LogP contribution in [0.1, 0.15) is 28.8 Å². The Morgan fingerprint density at radius 1 is 1.15 bits per heavy atom. The molecule has 1 aromatic heterocycles. The number of thiazole rings is 1. The number of ether oxygens (including phenoxy) is 1. The molecule has 0 aliphatic rings. The second-order valence-corrected chi connectivity index (χ2v) is 6.89. The van der Waals surface area contributed by atoms with Crippen LogP contribution < -0.4 is 10.1 Å². The van der Waals surface area contributed by atoms with Crippen molar-refractivity contribution < 1.29 is 9.53 Å². The molecule has 4 nitrogen and oxygen atoms in total. The largest absolute Gasteiger partial charge is 0.494 e. The molecular formula is C22H22N2O2S. The highest BCUT2D eigenvalue weighted by Gasteiger charge is 2.04. The van der Waals surface area contributed by atoms with Crippen molar-refractivity contribution in [3.05, 3.63) is 87.9 Å². The highest BCUT2D eigenvalue weighted by Crippen LogP contribution is 2.15. The highest BCUT2D eigenvalue weighted by molar-refractivity contribution is 7.09. The molecule has 0 radical (unpaired) electrons. The van der Waals surface area contributed by atoms with Crippen LogP contribution in [0.15, 0.2) is 66.1 Å². The first-order chi connectivity index (χ1) is 13.2. The van der Waals surface area contributed by atoms with Gasteiger partial charge in [-0.2, -0.15) is 0 Å². The Morgan fingerprint density at radius 3 is 2.67 bits per heavy atom. The van der Waals surface area contributed by atoms with Gasteiger partial charge in [-0.1, -0.05) is 42.5 Å². The molecule has 1 N–H and O–H groups in total. The molecule has 3 aromatic rings. The van der Waals surface area contributed by atoms with E-state index in [1.54, 1.807) is 17.4 Å². The Labute approximate surface area is 163 Å². The monoisotopic (exact) mass is 378 g/mol. The van der Waals surface area contributed by atoms with E-state index in [9.17, 15) is 4.79 Å². The van der Waals surface area contributed by atoms with E-state index in [0.29, 0.717) is 13.2 Å². The molecule has 138 valence electrons. The van der Waals surface area contributed by atoms with Crippen molar-refractivity contribution in [3.8, 4) is 5.75 Å². The maximum absolute atomic E-state index is 12.0. The molecule has 1 amide bonds. The summed E-state index contributed by atoms with van der Waals surface area (Å²) in [6, 6.07) is 17.9. The minimum absolute atomic E-state index is 0.138. The molecule has 27 heavy (non-hydrogen) atoms. The van der Waals surface area contributed by atoms with Crippen LogP contribution in [0, 0.1) is 0 Å². The van der Waals surface area contributed by atoms with Crippen molar-refractivity contribution in [2.45, 2.75) is 19.9 Å². The fourth-order valence-electron chi connectivity index (χ4n) is 2.53. The van der Waals surface area contributed by atoms with Crippen molar-refractivity contribution in [2.24, 2.45) is 0 Å². The molecule has 1 heterocycles. The minimum Gasteiger partial charge on any atom is -0.494 e. The van der Waals surface area contributed by atoms with E-state index in [-0.39, 0.29) is 5.91 Å². The number of hydrogen-bond donors (Lipinski definition) is 1. The zero-order valence-corrected chi connectivity index (χ0v) is 16.0. The molecule has 0 aliphatic heterocycles. The van der Waals surface area contributed by atoms with Crippen molar-refractivity contribution in [1.82, 2.24) is 10.3 Å². The molecule has 0 spiro atoms. The summed E-state index contributed by atoms with van der Waals surface area (Å²) in [5.74, 6) is 0.690. The van der Waals surface area contributed by atoms with E-state index in [1.165, 1.54) is 11.6 Å². The molecule has 0 saturated carbocycles. The predicted octanol–water partition coefficient (Wildman–Crippen LogP) is 4.46. The van der Waals surface area contributed by atoms with Crippen molar-refractivity contribution >= 4 is 23.3 Å². The summed E-state index contributed by atoms with van der Waals surface area (Å²) in [4.78, 5) is 16.6. The van der Waals surface area contributed by atoms with Gasteiger partial charge < -0.3 is 10.1 Å². The van der Waals surface area contributed by atoms with E-state index >= 15 is 0 Å². The number of benzene rings is 2. The maximum atomic E-state index is 12.0. The summed E-state index contributed by atoms with van der Waals surface area (Å²) in [5.41, 5.74) is 3.07. The fourth-order valence-corrected chi connectivity index (χ4v) is 3.36. The Bertz CT molecular complexity index is 886. The van der Waals surface area contributed by atoms with Crippen LogP contribution in [0.2, 0.25) is 0 Å². The third kappa shape index (κ3) is 6.08. The van der Waals surface area contributed by atoms with Crippen molar-refractivity contribution in [2.75, 3.05) is 6.61 Å². The molecule has 5 heteroatoms. The Balaban J connectivity index is 1.47. The van der Waals surface area contributed by atoms with Gasteiger partial charge in [-0.3, -0.25) is 4.79 Å². The summed E-state index contributed by atoms with van der Waals surface area (Å²) >= 11 is 1.62. The van der Waals surface area contributed by atoms with E-state index in [2.05, 4.69) is 22.4 Å². The van der Waals surface area contributed by atoms with Gasteiger partial charge in [0.2, 0.25) is 5.91 Å². The molecular weight excluding hydrogens is 356 g/mol. The third-order valence-corrected chi connectivity index (χ3v) is 4.76.